The van der Waals surface area contributed by atoms with Crippen molar-refractivity contribution >= 4 is 22.8 Å². The molecule has 4 aliphatic rings. The molecule has 7 heteroatoms. The van der Waals surface area contributed by atoms with Gasteiger partial charge in [0.05, 0.1) is 17.5 Å². The molecule has 38 heavy (non-hydrogen) atoms. The highest BCUT2D eigenvalue weighted by Crippen LogP contribution is 2.45. The smallest absolute Gasteiger partial charge is 0.303 e. The van der Waals surface area contributed by atoms with Crippen LogP contribution in [0.1, 0.15) is 90.5 Å². The van der Waals surface area contributed by atoms with E-state index in [1.165, 1.54) is 51.4 Å². The van der Waals surface area contributed by atoms with E-state index in [-0.39, 0.29) is 23.9 Å². The quantitative estimate of drug-likeness (QED) is 0.563. The van der Waals surface area contributed by atoms with E-state index in [0.717, 1.165) is 35.7 Å². The van der Waals surface area contributed by atoms with Crippen molar-refractivity contribution in [1.82, 2.24) is 14.5 Å². The molecular weight excluding hydrogens is 476 g/mol. The molecule has 0 amide bonds. The predicted molar refractivity (Wildman–Crippen MR) is 151 cm³/mol. The van der Waals surface area contributed by atoms with E-state index in [4.69, 9.17) is 10.1 Å². The maximum Gasteiger partial charge on any atom is 0.303 e. The Hall–Kier alpha value is -2.41. The van der Waals surface area contributed by atoms with Gasteiger partial charge in [0.1, 0.15) is 0 Å². The highest BCUT2D eigenvalue weighted by Gasteiger charge is 2.45. The molecule has 6 rings (SSSR count). The zero-order chi connectivity index (χ0) is 26.4. The number of carboxylic acid groups (broad SMARTS) is 1. The summed E-state index contributed by atoms with van der Waals surface area (Å²) in [6, 6.07) is 10.0. The lowest BCUT2D eigenvalue weighted by Crippen LogP contribution is -2.52. The summed E-state index contributed by atoms with van der Waals surface area (Å²) in [6.07, 6.45) is 12.8. The Kier molecular flexibility index (Phi) is 7.23. The van der Waals surface area contributed by atoms with Crippen molar-refractivity contribution in [2.45, 2.75) is 109 Å². The van der Waals surface area contributed by atoms with Gasteiger partial charge in [-0.05, 0) is 62.5 Å². The number of hydrogen-bond donors (Lipinski definition) is 1. The Morgan fingerprint density at radius 1 is 0.895 bits per heavy atom. The van der Waals surface area contributed by atoms with Crippen LogP contribution in [0, 0.1) is 17.8 Å². The van der Waals surface area contributed by atoms with Crippen LogP contribution in [-0.4, -0.2) is 56.7 Å². The van der Waals surface area contributed by atoms with Crippen molar-refractivity contribution in [1.29, 1.82) is 0 Å². The average Bonchev–Trinajstić information content (AvgIpc) is 3.16. The summed E-state index contributed by atoms with van der Waals surface area (Å²) >= 11 is 0. The van der Waals surface area contributed by atoms with E-state index in [0.29, 0.717) is 37.0 Å². The van der Waals surface area contributed by atoms with Crippen LogP contribution in [0.2, 0.25) is 0 Å². The molecule has 3 unspecified atom stereocenters. The number of piperidine rings is 1. The van der Waals surface area contributed by atoms with Crippen LogP contribution in [-0.2, 0) is 4.79 Å². The Balaban J connectivity index is 1.27. The molecule has 1 saturated carbocycles. The Morgan fingerprint density at radius 2 is 1.53 bits per heavy atom. The zero-order valence-electron chi connectivity index (χ0n) is 23.1. The average molecular weight is 521 g/mol. The molecule has 2 bridgehead atoms. The third-order valence-electron chi connectivity index (χ3n) is 10.0. The first-order valence-electron chi connectivity index (χ1n) is 15.1. The standard InChI is InChI=1S/C31H44N4O3/c1-20-7-3-4-8-21(2)14-25(13-20)34-23-11-12-24(34)17-26(16-23)35-28-10-6-5-9-27(28)32-30(31(35)38)33-18-22(19-33)15-29(36)37/h5-6,9-10,20-26H,3-4,7-8,11-19H2,1-2H3,(H,36,37)/t20-,21?,23-,24+,25?,26?/m1/s1. The van der Waals surface area contributed by atoms with Gasteiger partial charge >= 0.3 is 5.97 Å². The molecule has 1 aliphatic carbocycles. The lowest BCUT2D eigenvalue weighted by Gasteiger charge is -2.46. The fourth-order valence-corrected chi connectivity index (χ4v) is 8.31. The number of hydrogen-bond acceptors (Lipinski definition) is 5. The van der Waals surface area contributed by atoms with E-state index in [1.54, 1.807) is 0 Å². The maximum atomic E-state index is 14.0. The summed E-state index contributed by atoms with van der Waals surface area (Å²) in [5.41, 5.74) is 1.80. The second-order valence-electron chi connectivity index (χ2n) is 13.0. The molecule has 3 saturated heterocycles. The number of benzene rings is 1. The van der Waals surface area contributed by atoms with Crippen molar-refractivity contribution < 1.29 is 9.90 Å². The van der Waals surface area contributed by atoms with Gasteiger partial charge in [-0.2, -0.15) is 0 Å². The molecule has 1 N–H and O–H groups in total. The number of carboxylic acids is 1. The molecular formula is C31H44N4O3. The predicted octanol–water partition coefficient (Wildman–Crippen LogP) is 5.47. The highest BCUT2D eigenvalue weighted by atomic mass is 16.4. The van der Waals surface area contributed by atoms with E-state index in [2.05, 4.69) is 23.3 Å². The van der Waals surface area contributed by atoms with E-state index < -0.39 is 5.97 Å². The van der Waals surface area contributed by atoms with Gasteiger partial charge in [-0.1, -0.05) is 51.7 Å². The number of nitrogens with zero attached hydrogens (tertiary/aromatic N) is 4. The van der Waals surface area contributed by atoms with Gasteiger partial charge in [0.15, 0.2) is 5.82 Å². The first-order valence-corrected chi connectivity index (χ1v) is 15.1. The Labute approximate surface area is 226 Å². The van der Waals surface area contributed by atoms with E-state index in [1.807, 2.05) is 29.2 Å². The van der Waals surface area contributed by atoms with Crippen LogP contribution in [0.15, 0.2) is 29.1 Å². The first-order chi connectivity index (χ1) is 18.4. The molecule has 206 valence electrons. The number of rotatable bonds is 5. The molecule has 6 atom stereocenters. The highest BCUT2D eigenvalue weighted by molar-refractivity contribution is 5.77. The fourth-order valence-electron chi connectivity index (χ4n) is 8.31. The van der Waals surface area contributed by atoms with Gasteiger partial charge in [-0.15, -0.1) is 0 Å². The van der Waals surface area contributed by atoms with Crippen molar-refractivity contribution in [2.75, 3.05) is 18.0 Å². The minimum atomic E-state index is -0.774. The normalized spacial score (nSPS) is 32.9. The van der Waals surface area contributed by atoms with Gasteiger partial charge in [-0.3, -0.25) is 14.5 Å². The summed E-state index contributed by atoms with van der Waals surface area (Å²) in [5.74, 6) is 1.39. The number of aliphatic carboxylic acids is 1. The van der Waals surface area contributed by atoms with Gasteiger partial charge < -0.3 is 14.6 Å². The van der Waals surface area contributed by atoms with E-state index >= 15 is 0 Å². The minimum absolute atomic E-state index is 0.0000102. The van der Waals surface area contributed by atoms with Gasteiger partial charge in [0.2, 0.25) is 0 Å². The summed E-state index contributed by atoms with van der Waals surface area (Å²) in [6.45, 7) is 6.10. The number of carbonyl (C=O) groups is 1. The van der Waals surface area contributed by atoms with Gasteiger partial charge in [0, 0.05) is 43.2 Å². The summed E-state index contributed by atoms with van der Waals surface area (Å²) in [5, 5.41) is 9.16. The molecule has 0 radical (unpaired) electrons. The largest absolute Gasteiger partial charge is 0.481 e. The van der Waals surface area contributed by atoms with Crippen molar-refractivity contribution in [3.63, 3.8) is 0 Å². The summed E-state index contributed by atoms with van der Waals surface area (Å²) in [7, 11) is 0. The number of aromatic nitrogens is 2. The van der Waals surface area contributed by atoms with Crippen LogP contribution in [0.4, 0.5) is 5.82 Å². The third-order valence-corrected chi connectivity index (χ3v) is 10.0. The Morgan fingerprint density at radius 3 is 2.16 bits per heavy atom. The van der Waals surface area contributed by atoms with Crippen molar-refractivity contribution in [3.8, 4) is 0 Å². The van der Waals surface area contributed by atoms with Crippen molar-refractivity contribution in [3.05, 3.63) is 34.6 Å². The summed E-state index contributed by atoms with van der Waals surface area (Å²) in [4.78, 5) is 34.8. The van der Waals surface area contributed by atoms with Gasteiger partial charge in [0.25, 0.3) is 5.56 Å². The zero-order valence-corrected chi connectivity index (χ0v) is 23.1. The topological polar surface area (TPSA) is 78.7 Å². The van der Waals surface area contributed by atoms with Crippen LogP contribution < -0.4 is 10.5 Å². The Bertz CT molecular complexity index is 1190. The molecule has 2 aromatic rings. The molecule has 0 spiro atoms. The lowest BCUT2D eigenvalue weighted by atomic mass is 9.87. The van der Waals surface area contributed by atoms with Crippen LogP contribution in [0.3, 0.4) is 0 Å². The second-order valence-corrected chi connectivity index (χ2v) is 13.0. The molecule has 1 aromatic carbocycles. The molecule has 7 nitrogen and oxygen atoms in total. The molecule has 4 heterocycles. The van der Waals surface area contributed by atoms with Crippen molar-refractivity contribution in [2.24, 2.45) is 17.8 Å². The van der Waals surface area contributed by atoms with Gasteiger partial charge in [-0.25, -0.2) is 4.98 Å². The number of anilines is 1. The second kappa shape index (κ2) is 10.6. The third kappa shape index (κ3) is 4.99. The van der Waals surface area contributed by atoms with Crippen LogP contribution in [0.25, 0.3) is 11.0 Å². The monoisotopic (exact) mass is 520 g/mol. The van der Waals surface area contributed by atoms with Crippen LogP contribution in [0.5, 0.6) is 0 Å². The molecule has 3 aliphatic heterocycles. The lowest BCUT2D eigenvalue weighted by molar-refractivity contribution is -0.138. The molecule has 4 fully saturated rings. The number of para-hydroxylation sites is 2. The molecule has 1 aromatic heterocycles. The minimum Gasteiger partial charge on any atom is -0.481 e. The SMILES string of the molecule is CC1CCCC[C@@H](C)CC(N2[C@@H]3CC[C@H]2CC(n2c(=O)c(N4CC(CC(=O)O)C4)nc4ccccc42)C3)C1. The fraction of sp³-hybridized carbons (Fsp3) is 0.710. The number of fused-ring (bicyclic) bond motifs is 3. The van der Waals surface area contributed by atoms with E-state index in [9.17, 15) is 9.59 Å². The summed E-state index contributed by atoms with van der Waals surface area (Å²) < 4.78 is 2.07. The first kappa shape index (κ1) is 25.8. The van der Waals surface area contributed by atoms with Crippen LogP contribution >= 0.6 is 0 Å². The maximum absolute atomic E-state index is 14.0.